The van der Waals surface area contributed by atoms with Crippen molar-refractivity contribution in [2.75, 3.05) is 0 Å². The minimum atomic E-state index is 0. The van der Waals surface area contributed by atoms with Crippen molar-refractivity contribution in [3.8, 4) is 21.7 Å². The van der Waals surface area contributed by atoms with Gasteiger partial charge in [-0.05, 0) is 103 Å². The number of aliphatic hydroxyl groups is 1. The number of aryl methyl sites for hydroxylation is 1. The molecule has 1 fully saturated rings. The number of carbonyl (C=O) groups excluding carboxylic acids is 1. The third-order valence-electron chi connectivity index (χ3n) is 11.7. The number of benzene rings is 3. The molecule has 1 saturated carbocycles. The Labute approximate surface area is 352 Å². The van der Waals surface area contributed by atoms with E-state index in [1.165, 1.54) is 80.8 Å². The number of rotatable bonds is 11. The molecule has 0 bridgehead atoms. The maximum Gasteiger partial charge on any atom is 0.162 e. The number of hydrogen-bond acceptors (Lipinski definition) is 5. The van der Waals surface area contributed by atoms with E-state index in [-0.39, 0.29) is 48.9 Å². The first-order valence-electron chi connectivity index (χ1n) is 20.7. The van der Waals surface area contributed by atoms with Crippen LogP contribution in [0, 0.1) is 30.2 Å². The van der Waals surface area contributed by atoms with E-state index in [0.29, 0.717) is 5.92 Å². The first-order chi connectivity index (χ1) is 26.5. The number of nitrogens with zero attached hydrogens (tertiary/aromatic N) is 1. The fourth-order valence-corrected chi connectivity index (χ4v) is 9.69. The van der Waals surface area contributed by atoms with Crippen molar-refractivity contribution >= 4 is 49.1 Å². The second-order valence-corrected chi connectivity index (χ2v) is 17.8. The largest absolute Gasteiger partial charge is 0.512 e. The Balaban J connectivity index is 0.000000322. The van der Waals surface area contributed by atoms with E-state index in [9.17, 15) is 9.90 Å². The summed E-state index contributed by atoms with van der Waals surface area (Å²) in [5, 5.41) is 13.3. The zero-order valence-electron chi connectivity index (χ0n) is 34.7. The molecule has 7 rings (SSSR count). The quantitative estimate of drug-likeness (QED) is 0.0798. The van der Waals surface area contributed by atoms with Crippen LogP contribution in [0.5, 0.6) is 0 Å². The molecule has 56 heavy (non-hydrogen) atoms. The van der Waals surface area contributed by atoms with E-state index in [4.69, 9.17) is 9.40 Å². The zero-order chi connectivity index (χ0) is 39.3. The van der Waals surface area contributed by atoms with Gasteiger partial charge in [0.25, 0.3) is 0 Å². The van der Waals surface area contributed by atoms with Gasteiger partial charge in [0.05, 0.1) is 11.3 Å². The predicted molar refractivity (Wildman–Crippen MR) is 234 cm³/mol. The number of furan rings is 1. The smallest absolute Gasteiger partial charge is 0.162 e. The van der Waals surface area contributed by atoms with Crippen molar-refractivity contribution in [3.63, 3.8) is 0 Å². The van der Waals surface area contributed by atoms with E-state index in [0.717, 1.165) is 59.9 Å². The Bertz CT molecular complexity index is 2260. The van der Waals surface area contributed by atoms with Crippen LogP contribution in [-0.4, -0.2) is 15.9 Å². The van der Waals surface area contributed by atoms with Gasteiger partial charge in [-0.2, -0.15) is 0 Å². The number of pyridine rings is 1. The fraction of sp³-hybridized carbons (Fsp3) is 0.440. The fourth-order valence-electron chi connectivity index (χ4n) is 8.39. The molecule has 0 unspecified atom stereocenters. The number of ketones is 1. The van der Waals surface area contributed by atoms with E-state index in [2.05, 4.69) is 88.4 Å². The van der Waals surface area contributed by atoms with E-state index in [1.54, 1.807) is 0 Å². The zero-order valence-corrected chi connectivity index (χ0v) is 37.9. The number of thiophene rings is 1. The van der Waals surface area contributed by atoms with E-state index in [1.807, 2.05) is 51.3 Å². The summed E-state index contributed by atoms with van der Waals surface area (Å²) < 4.78 is 7.82. The van der Waals surface area contributed by atoms with Gasteiger partial charge >= 0.3 is 0 Å². The van der Waals surface area contributed by atoms with Crippen LogP contribution in [0.25, 0.3) is 53.7 Å². The number of hydrogen-bond donors (Lipinski definition) is 1. The first-order valence-corrected chi connectivity index (χ1v) is 21.6. The van der Waals surface area contributed by atoms with Gasteiger partial charge in [-0.3, -0.25) is 4.79 Å². The van der Waals surface area contributed by atoms with Crippen molar-refractivity contribution in [2.45, 2.75) is 126 Å². The molecule has 1 aliphatic rings. The molecular formula is C50H60IrNO3S-. The van der Waals surface area contributed by atoms with Gasteiger partial charge in [0.1, 0.15) is 5.58 Å². The molecule has 1 radical (unpaired) electrons. The molecule has 0 amide bonds. The minimum absolute atomic E-state index is 0. The van der Waals surface area contributed by atoms with Gasteiger partial charge < -0.3 is 14.5 Å². The average Bonchev–Trinajstić information content (AvgIpc) is 3.73. The van der Waals surface area contributed by atoms with Crippen molar-refractivity contribution < 1.29 is 34.4 Å². The molecular weight excluding hydrogens is 887 g/mol. The first kappa shape index (κ1) is 43.5. The second kappa shape index (κ2) is 19.2. The Kier molecular flexibility index (Phi) is 15.0. The standard InChI is InChI=1S/C37H36NOS.C13H24O2.Ir/c1-23-28-19-20-38-33(36(28)40-35(23)26-15-13-24(14-16-26)22-37(2,3)4)31-12-8-11-30-29-18-17-27(21-32(29)39-34(30)31)25-9-6-5-7-10-25;1-5-10(6-2)12(14)9-13(15)11(7-3)8-4;/h8,11,13-21,25H,5-7,9-10,22H2,1-4H3;9-11,14H,5-8H2,1-4H3;/q-1;;/b;12-9-;. The van der Waals surface area contributed by atoms with Crippen LogP contribution in [0.15, 0.2) is 83.1 Å². The monoisotopic (exact) mass is 947 g/mol. The van der Waals surface area contributed by atoms with Gasteiger partial charge in [-0.1, -0.05) is 115 Å². The van der Waals surface area contributed by atoms with Crippen molar-refractivity contribution in [2.24, 2.45) is 17.3 Å². The molecule has 1 N–H and O–H groups in total. The van der Waals surface area contributed by atoms with E-state index >= 15 is 0 Å². The Morgan fingerprint density at radius 2 is 1.59 bits per heavy atom. The number of aliphatic hydroxyl groups excluding tert-OH is 1. The summed E-state index contributed by atoms with van der Waals surface area (Å²) in [5.41, 5.74) is 9.43. The summed E-state index contributed by atoms with van der Waals surface area (Å²) in [6.07, 6.45) is 14.5. The molecule has 3 heterocycles. The summed E-state index contributed by atoms with van der Waals surface area (Å²) >= 11 is 1.83. The summed E-state index contributed by atoms with van der Waals surface area (Å²) in [6, 6.07) is 25.8. The predicted octanol–water partition coefficient (Wildman–Crippen LogP) is 15.1. The average molecular weight is 947 g/mol. The van der Waals surface area contributed by atoms with Crippen molar-refractivity contribution in [1.29, 1.82) is 0 Å². The summed E-state index contributed by atoms with van der Waals surface area (Å²) in [7, 11) is 0. The third-order valence-corrected chi connectivity index (χ3v) is 13.0. The number of allylic oxidation sites excluding steroid dienone is 2. The summed E-state index contributed by atoms with van der Waals surface area (Å²) in [4.78, 5) is 17.9. The number of aromatic nitrogens is 1. The van der Waals surface area contributed by atoms with Crippen LogP contribution in [0.2, 0.25) is 0 Å². The summed E-state index contributed by atoms with van der Waals surface area (Å²) in [6.45, 7) is 17.2. The van der Waals surface area contributed by atoms with Gasteiger partial charge in [0.15, 0.2) is 5.78 Å². The van der Waals surface area contributed by atoms with Crippen LogP contribution >= 0.6 is 11.3 Å². The molecule has 6 heteroatoms. The molecule has 3 aromatic carbocycles. The molecule has 299 valence electrons. The Hall–Kier alpha value is -3.57. The van der Waals surface area contributed by atoms with Crippen LogP contribution in [0.3, 0.4) is 0 Å². The van der Waals surface area contributed by atoms with Crippen LogP contribution in [0.4, 0.5) is 0 Å². The van der Waals surface area contributed by atoms with Gasteiger partial charge in [-0.25, -0.2) is 0 Å². The molecule has 1 aliphatic carbocycles. The molecule has 4 nitrogen and oxygen atoms in total. The molecule has 6 aromatic rings. The van der Waals surface area contributed by atoms with E-state index < -0.39 is 0 Å². The number of carbonyl (C=O) groups is 1. The van der Waals surface area contributed by atoms with Crippen LogP contribution < -0.4 is 0 Å². The maximum absolute atomic E-state index is 11.7. The second-order valence-electron chi connectivity index (χ2n) is 16.8. The number of fused-ring (bicyclic) bond motifs is 4. The van der Waals surface area contributed by atoms with Crippen LogP contribution in [0.1, 0.15) is 129 Å². The van der Waals surface area contributed by atoms with Gasteiger partial charge in [0.2, 0.25) is 0 Å². The molecule has 0 saturated heterocycles. The maximum atomic E-state index is 11.7. The van der Waals surface area contributed by atoms with Gasteiger partial charge in [-0.15, -0.1) is 29.5 Å². The molecule has 0 spiro atoms. The normalized spacial score (nSPS) is 14.1. The molecule has 3 aromatic heterocycles. The SMILES string of the molecule is CCC(CC)C(=O)/C=C(\O)C(CC)CC.Cc1c(-c2ccc(CC(C)(C)C)cc2)sc2c(-c3[c-]ccc4c3oc3cc(C5CCCCC5)ccc34)nccc12.[Ir]. The minimum Gasteiger partial charge on any atom is -0.512 e. The van der Waals surface area contributed by atoms with Crippen molar-refractivity contribution in [3.05, 3.63) is 101 Å². The van der Waals surface area contributed by atoms with Crippen molar-refractivity contribution in [1.82, 2.24) is 4.98 Å². The molecule has 0 aliphatic heterocycles. The van der Waals surface area contributed by atoms with Gasteiger partial charge in [0, 0.05) is 64.9 Å². The summed E-state index contributed by atoms with van der Waals surface area (Å²) in [5.74, 6) is 1.20. The topological polar surface area (TPSA) is 63.3 Å². The molecule has 0 atom stereocenters. The van der Waals surface area contributed by atoms with Crippen LogP contribution in [-0.2, 0) is 31.3 Å². The third kappa shape index (κ3) is 9.75. The Morgan fingerprint density at radius 3 is 2.23 bits per heavy atom. The Morgan fingerprint density at radius 1 is 0.911 bits per heavy atom.